The number of hydrogen-bond donors (Lipinski definition) is 1. The first-order chi connectivity index (χ1) is 9.93. The van der Waals surface area contributed by atoms with E-state index < -0.39 is 5.60 Å². The highest BCUT2D eigenvalue weighted by Crippen LogP contribution is 2.35. The number of likely N-dealkylation sites (tertiary alicyclic amines) is 1. The first kappa shape index (κ1) is 14.6. The quantitative estimate of drug-likeness (QED) is 0.905. The molecule has 0 spiro atoms. The van der Waals surface area contributed by atoms with Crippen molar-refractivity contribution in [2.45, 2.75) is 52.1 Å². The standard InChI is InChI=1S/C16H24N2O3/c1-10(2)16(20)9-18(8-11(16)3)15(19)14-12-6-4-5-7-13(12)21-17-14/h10-11,20H,4-9H2,1-3H3/t11-,16-/m0/s1. The Kier molecular flexibility index (Phi) is 3.56. The first-order valence-electron chi connectivity index (χ1n) is 7.92. The number of rotatable bonds is 2. The highest BCUT2D eigenvalue weighted by molar-refractivity contribution is 5.94. The van der Waals surface area contributed by atoms with Crippen LogP contribution in [-0.4, -0.2) is 39.8 Å². The van der Waals surface area contributed by atoms with Crippen molar-refractivity contribution in [1.82, 2.24) is 10.1 Å². The van der Waals surface area contributed by atoms with Crippen LogP contribution in [0.25, 0.3) is 0 Å². The molecule has 0 bridgehead atoms. The van der Waals surface area contributed by atoms with Crippen LogP contribution in [0, 0.1) is 11.8 Å². The number of aliphatic hydroxyl groups is 1. The number of β-amino-alcohol motifs (C(OH)–C–C–N with tert-alkyl or cyclic N) is 1. The van der Waals surface area contributed by atoms with E-state index in [1.54, 1.807) is 4.90 Å². The minimum absolute atomic E-state index is 0.0733. The Morgan fingerprint density at radius 1 is 1.43 bits per heavy atom. The van der Waals surface area contributed by atoms with Crippen molar-refractivity contribution in [3.05, 3.63) is 17.0 Å². The second-order valence-electron chi connectivity index (χ2n) is 6.87. The second kappa shape index (κ2) is 5.13. The average Bonchev–Trinajstić information content (AvgIpc) is 3.01. The van der Waals surface area contributed by atoms with E-state index in [0.717, 1.165) is 37.0 Å². The van der Waals surface area contributed by atoms with Gasteiger partial charge in [0.2, 0.25) is 0 Å². The van der Waals surface area contributed by atoms with Gasteiger partial charge in [-0.1, -0.05) is 25.9 Å². The Morgan fingerprint density at radius 2 is 2.14 bits per heavy atom. The number of carbonyl (C=O) groups is 1. The van der Waals surface area contributed by atoms with Crippen LogP contribution in [0.3, 0.4) is 0 Å². The molecule has 0 aromatic carbocycles. The minimum atomic E-state index is -0.806. The molecule has 5 heteroatoms. The summed E-state index contributed by atoms with van der Waals surface area (Å²) in [5.74, 6) is 0.974. The van der Waals surface area contributed by atoms with Gasteiger partial charge in [-0.05, 0) is 25.2 Å². The molecule has 1 amide bonds. The van der Waals surface area contributed by atoms with E-state index in [1.807, 2.05) is 20.8 Å². The Balaban J connectivity index is 1.82. The van der Waals surface area contributed by atoms with Gasteiger partial charge in [0.25, 0.3) is 5.91 Å². The highest BCUT2D eigenvalue weighted by atomic mass is 16.5. The molecule has 3 rings (SSSR count). The third-order valence-electron chi connectivity index (χ3n) is 5.23. The van der Waals surface area contributed by atoms with Gasteiger partial charge >= 0.3 is 0 Å². The summed E-state index contributed by atoms with van der Waals surface area (Å²) in [5.41, 5.74) is 0.642. The summed E-state index contributed by atoms with van der Waals surface area (Å²) < 4.78 is 5.33. The van der Waals surface area contributed by atoms with Crippen LogP contribution in [0.15, 0.2) is 4.52 Å². The van der Waals surface area contributed by atoms with E-state index in [2.05, 4.69) is 5.16 Å². The molecule has 0 saturated carbocycles. The predicted octanol–water partition coefficient (Wildman–Crippen LogP) is 2.03. The molecule has 1 aliphatic heterocycles. The number of aromatic nitrogens is 1. The van der Waals surface area contributed by atoms with Gasteiger partial charge in [-0.25, -0.2) is 0 Å². The van der Waals surface area contributed by atoms with Crippen molar-refractivity contribution in [3.8, 4) is 0 Å². The Morgan fingerprint density at radius 3 is 2.81 bits per heavy atom. The monoisotopic (exact) mass is 292 g/mol. The predicted molar refractivity (Wildman–Crippen MR) is 78.0 cm³/mol. The van der Waals surface area contributed by atoms with Crippen molar-refractivity contribution in [3.63, 3.8) is 0 Å². The summed E-state index contributed by atoms with van der Waals surface area (Å²) in [6, 6.07) is 0. The minimum Gasteiger partial charge on any atom is -0.387 e. The largest absolute Gasteiger partial charge is 0.387 e. The van der Waals surface area contributed by atoms with E-state index >= 15 is 0 Å². The molecular weight excluding hydrogens is 268 g/mol. The topological polar surface area (TPSA) is 66.6 Å². The van der Waals surface area contributed by atoms with Crippen LogP contribution in [-0.2, 0) is 12.8 Å². The molecule has 2 aliphatic rings. The summed E-state index contributed by atoms with van der Waals surface area (Å²) in [6.07, 6.45) is 3.93. The maximum absolute atomic E-state index is 12.7. The maximum atomic E-state index is 12.7. The molecule has 0 unspecified atom stereocenters. The average molecular weight is 292 g/mol. The van der Waals surface area contributed by atoms with Gasteiger partial charge in [-0.15, -0.1) is 0 Å². The number of hydrogen-bond acceptors (Lipinski definition) is 4. The number of amides is 1. The van der Waals surface area contributed by atoms with Crippen LogP contribution in [0.5, 0.6) is 0 Å². The van der Waals surface area contributed by atoms with Crippen LogP contribution >= 0.6 is 0 Å². The molecule has 1 aromatic rings. The van der Waals surface area contributed by atoms with Crippen molar-refractivity contribution in [2.75, 3.05) is 13.1 Å². The first-order valence-corrected chi connectivity index (χ1v) is 7.92. The zero-order valence-corrected chi connectivity index (χ0v) is 13.1. The number of carbonyl (C=O) groups excluding carboxylic acids is 1. The molecule has 21 heavy (non-hydrogen) atoms. The lowest BCUT2D eigenvalue weighted by atomic mass is 9.82. The van der Waals surface area contributed by atoms with Gasteiger partial charge < -0.3 is 14.5 Å². The lowest BCUT2D eigenvalue weighted by molar-refractivity contribution is -0.0244. The summed E-state index contributed by atoms with van der Waals surface area (Å²) in [7, 11) is 0. The van der Waals surface area contributed by atoms with Gasteiger partial charge in [0.15, 0.2) is 5.69 Å². The smallest absolute Gasteiger partial charge is 0.276 e. The zero-order valence-electron chi connectivity index (χ0n) is 13.1. The molecule has 1 fully saturated rings. The Labute approximate surface area is 125 Å². The van der Waals surface area contributed by atoms with Crippen LogP contribution < -0.4 is 0 Å². The second-order valence-corrected chi connectivity index (χ2v) is 6.87. The maximum Gasteiger partial charge on any atom is 0.276 e. The number of fused-ring (bicyclic) bond motifs is 1. The Bertz CT molecular complexity index is 552. The summed E-state index contributed by atoms with van der Waals surface area (Å²) >= 11 is 0. The molecule has 116 valence electrons. The molecule has 1 aliphatic carbocycles. The Hall–Kier alpha value is -1.36. The summed E-state index contributed by atoms with van der Waals surface area (Å²) in [6.45, 7) is 6.97. The van der Waals surface area contributed by atoms with Crippen molar-refractivity contribution < 1.29 is 14.4 Å². The molecule has 2 atom stereocenters. The van der Waals surface area contributed by atoms with E-state index in [4.69, 9.17) is 4.52 Å². The highest BCUT2D eigenvalue weighted by Gasteiger charge is 2.47. The third kappa shape index (κ3) is 2.27. The molecular formula is C16H24N2O3. The number of aryl methyl sites for hydroxylation is 1. The molecule has 0 radical (unpaired) electrons. The van der Waals surface area contributed by atoms with Crippen LogP contribution in [0.4, 0.5) is 0 Å². The number of nitrogens with zero attached hydrogens (tertiary/aromatic N) is 2. The van der Waals surface area contributed by atoms with Crippen molar-refractivity contribution >= 4 is 5.91 Å². The van der Waals surface area contributed by atoms with Gasteiger partial charge in [0, 0.05) is 24.4 Å². The molecule has 1 N–H and O–H groups in total. The lowest BCUT2D eigenvalue weighted by Gasteiger charge is -2.30. The zero-order chi connectivity index (χ0) is 15.2. The normalized spacial score (nSPS) is 29.0. The van der Waals surface area contributed by atoms with Gasteiger partial charge in [0.05, 0.1) is 12.1 Å². The SMILES string of the molecule is CC(C)[C@@]1(O)CN(C(=O)c2noc3c2CCCC3)C[C@@H]1C. The summed E-state index contributed by atoms with van der Waals surface area (Å²) in [5, 5.41) is 14.8. The van der Waals surface area contributed by atoms with E-state index in [0.29, 0.717) is 18.8 Å². The lowest BCUT2D eigenvalue weighted by Crippen LogP contribution is -2.43. The van der Waals surface area contributed by atoms with Gasteiger partial charge in [-0.2, -0.15) is 0 Å². The fraction of sp³-hybridized carbons (Fsp3) is 0.750. The van der Waals surface area contributed by atoms with Gasteiger partial charge in [0.1, 0.15) is 5.76 Å². The summed E-state index contributed by atoms with van der Waals surface area (Å²) in [4.78, 5) is 14.5. The third-order valence-corrected chi connectivity index (χ3v) is 5.23. The molecule has 1 saturated heterocycles. The molecule has 5 nitrogen and oxygen atoms in total. The van der Waals surface area contributed by atoms with E-state index in [1.165, 1.54) is 0 Å². The van der Waals surface area contributed by atoms with Crippen LogP contribution in [0.1, 0.15) is 55.4 Å². The van der Waals surface area contributed by atoms with E-state index in [9.17, 15) is 9.90 Å². The molecule has 2 heterocycles. The molecule has 1 aromatic heterocycles. The van der Waals surface area contributed by atoms with Crippen molar-refractivity contribution in [1.29, 1.82) is 0 Å². The van der Waals surface area contributed by atoms with E-state index in [-0.39, 0.29) is 17.7 Å². The van der Waals surface area contributed by atoms with Crippen molar-refractivity contribution in [2.24, 2.45) is 11.8 Å². The van der Waals surface area contributed by atoms with Gasteiger partial charge in [-0.3, -0.25) is 4.79 Å². The fourth-order valence-corrected chi connectivity index (χ4v) is 3.62. The fourth-order valence-electron chi connectivity index (χ4n) is 3.62. The van der Waals surface area contributed by atoms with Crippen LogP contribution in [0.2, 0.25) is 0 Å².